The van der Waals surface area contributed by atoms with E-state index in [1.807, 2.05) is 32.0 Å². The molecule has 0 aliphatic carbocycles. The molecule has 9 nitrogen and oxygen atoms in total. The minimum absolute atomic E-state index is 0.0163. The molecule has 2 heterocycles. The zero-order valence-corrected chi connectivity index (χ0v) is 19.4. The summed E-state index contributed by atoms with van der Waals surface area (Å²) in [7, 11) is 0. The van der Waals surface area contributed by atoms with Crippen molar-refractivity contribution in [3.8, 4) is 0 Å². The maximum absolute atomic E-state index is 13.2. The average Bonchev–Trinajstić information content (AvgIpc) is 2.92. The quantitative estimate of drug-likeness (QED) is 0.695. The second-order valence-electron chi connectivity index (χ2n) is 9.42. The van der Waals surface area contributed by atoms with Gasteiger partial charge in [0.1, 0.15) is 17.7 Å². The molecule has 2 aliphatic heterocycles. The Labute approximate surface area is 188 Å². The van der Waals surface area contributed by atoms with E-state index in [0.717, 1.165) is 22.4 Å². The lowest BCUT2D eigenvalue weighted by atomic mass is 9.89. The lowest BCUT2D eigenvalue weighted by Crippen LogP contribution is -2.60. The van der Waals surface area contributed by atoms with Crippen molar-refractivity contribution in [1.29, 1.82) is 0 Å². The Morgan fingerprint density at radius 3 is 2.62 bits per heavy atom. The number of carbonyl (C=O) groups excluding carboxylic acids is 4. The first-order valence-electron chi connectivity index (χ1n) is 11.0. The summed E-state index contributed by atoms with van der Waals surface area (Å²) in [6.45, 7) is 9.26. The first-order chi connectivity index (χ1) is 15.0. The van der Waals surface area contributed by atoms with Gasteiger partial charge in [0, 0.05) is 12.2 Å². The molecule has 1 aromatic rings. The number of hydrogen-bond donors (Lipinski definition) is 2. The minimum atomic E-state index is -1.23. The van der Waals surface area contributed by atoms with Crippen LogP contribution in [0.5, 0.6) is 0 Å². The molecule has 2 N–H and O–H groups in total. The van der Waals surface area contributed by atoms with Crippen LogP contribution in [-0.2, 0) is 20.7 Å². The first-order valence-corrected chi connectivity index (χ1v) is 11.0. The van der Waals surface area contributed by atoms with Crippen molar-refractivity contribution < 1.29 is 23.9 Å². The second-order valence-corrected chi connectivity index (χ2v) is 9.42. The summed E-state index contributed by atoms with van der Waals surface area (Å²) in [4.78, 5) is 53.4. The summed E-state index contributed by atoms with van der Waals surface area (Å²) < 4.78 is 5.42. The first kappa shape index (κ1) is 23.6. The van der Waals surface area contributed by atoms with Gasteiger partial charge in [0.2, 0.25) is 5.91 Å². The standard InChI is InChI=1S/C23H32N4O5/c1-6-16-10-7-9-15(2)18(16)24-17(28)13-27-19(29)23(25-20(27)30)11-8-12-26(14-23)21(31)32-22(3,4)5/h7,9-10H,6,8,11-14H2,1-5H3,(H,24,28)(H,25,30). The highest BCUT2D eigenvalue weighted by atomic mass is 16.6. The number of piperidine rings is 1. The van der Waals surface area contributed by atoms with Gasteiger partial charge in [-0.15, -0.1) is 0 Å². The van der Waals surface area contributed by atoms with Gasteiger partial charge in [-0.05, 0) is 58.1 Å². The SMILES string of the molecule is CCc1cccc(C)c1NC(=O)CN1C(=O)NC2(CCCN(C(=O)OC(C)(C)C)C2)C1=O. The van der Waals surface area contributed by atoms with E-state index in [-0.39, 0.29) is 6.54 Å². The molecule has 1 unspecified atom stereocenters. The van der Waals surface area contributed by atoms with Crippen molar-refractivity contribution in [2.24, 2.45) is 0 Å². The van der Waals surface area contributed by atoms with E-state index in [4.69, 9.17) is 4.74 Å². The maximum Gasteiger partial charge on any atom is 0.410 e. The van der Waals surface area contributed by atoms with Crippen molar-refractivity contribution in [2.45, 2.75) is 65.0 Å². The van der Waals surface area contributed by atoms with E-state index in [1.54, 1.807) is 20.8 Å². The molecular weight excluding hydrogens is 412 g/mol. The van der Waals surface area contributed by atoms with Crippen molar-refractivity contribution >= 4 is 29.6 Å². The van der Waals surface area contributed by atoms with E-state index < -0.39 is 41.6 Å². The van der Waals surface area contributed by atoms with Gasteiger partial charge in [0.25, 0.3) is 5.91 Å². The van der Waals surface area contributed by atoms with Crippen LogP contribution in [0.25, 0.3) is 0 Å². The molecule has 174 valence electrons. The van der Waals surface area contributed by atoms with Crippen molar-refractivity contribution in [2.75, 3.05) is 25.0 Å². The number of amides is 5. The van der Waals surface area contributed by atoms with Crippen molar-refractivity contribution in [3.05, 3.63) is 29.3 Å². The number of benzene rings is 1. The van der Waals surface area contributed by atoms with Crippen LogP contribution in [-0.4, -0.2) is 64.5 Å². The number of nitrogens with zero attached hydrogens (tertiary/aromatic N) is 2. The number of nitrogens with one attached hydrogen (secondary N) is 2. The molecule has 0 saturated carbocycles. The number of imide groups is 1. The lowest BCUT2D eigenvalue weighted by Gasteiger charge is -2.38. The van der Waals surface area contributed by atoms with Crippen molar-refractivity contribution in [1.82, 2.24) is 15.1 Å². The van der Waals surface area contributed by atoms with Crippen LogP contribution in [0.2, 0.25) is 0 Å². The van der Waals surface area contributed by atoms with Crippen LogP contribution < -0.4 is 10.6 Å². The van der Waals surface area contributed by atoms with E-state index in [0.29, 0.717) is 25.1 Å². The van der Waals surface area contributed by atoms with Crippen LogP contribution in [0.4, 0.5) is 15.3 Å². The Kier molecular flexibility index (Phi) is 6.48. The number of aryl methyl sites for hydroxylation is 2. The average molecular weight is 445 g/mol. The fourth-order valence-corrected chi connectivity index (χ4v) is 4.16. The minimum Gasteiger partial charge on any atom is -0.444 e. The molecule has 0 aromatic heterocycles. The largest absolute Gasteiger partial charge is 0.444 e. The van der Waals surface area contributed by atoms with Gasteiger partial charge in [-0.1, -0.05) is 25.1 Å². The molecule has 1 spiro atoms. The number of anilines is 1. The summed E-state index contributed by atoms with van der Waals surface area (Å²) >= 11 is 0. The lowest BCUT2D eigenvalue weighted by molar-refractivity contribution is -0.135. The van der Waals surface area contributed by atoms with Crippen molar-refractivity contribution in [3.63, 3.8) is 0 Å². The third kappa shape index (κ3) is 4.87. The van der Waals surface area contributed by atoms with Crippen LogP contribution in [0.1, 0.15) is 51.7 Å². The van der Waals surface area contributed by atoms with Gasteiger partial charge >= 0.3 is 12.1 Å². The molecule has 0 radical (unpaired) electrons. The fourth-order valence-electron chi connectivity index (χ4n) is 4.16. The smallest absolute Gasteiger partial charge is 0.410 e. The Bertz CT molecular complexity index is 939. The molecular formula is C23H32N4O5. The fraction of sp³-hybridized carbons (Fsp3) is 0.565. The van der Waals surface area contributed by atoms with Gasteiger partial charge in [-0.3, -0.25) is 14.5 Å². The maximum atomic E-state index is 13.2. The zero-order valence-electron chi connectivity index (χ0n) is 19.4. The molecule has 9 heteroatoms. The number of para-hydroxylation sites is 1. The molecule has 3 rings (SSSR count). The molecule has 1 aromatic carbocycles. The Hall–Kier alpha value is -3.10. The molecule has 5 amide bonds. The molecule has 2 saturated heterocycles. The molecule has 2 aliphatic rings. The third-order valence-electron chi connectivity index (χ3n) is 5.70. The molecule has 32 heavy (non-hydrogen) atoms. The van der Waals surface area contributed by atoms with E-state index in [2.05, 4.69) is 10.6 Å². The predicted octanol–water partition coefficient (Wildman–Crippen LogP) is 2.82. The highest BCUT2D eigenvalue weighted by molar-refractivity contribution is 6.10. The molecule has 0 bridgehead atoms. The van der Waals surface area contributed by atoms with Gasteiger partial charge in [-0.2, -0.15) is 0 Å². The monoisotopic (exact) mass is 444 g/mol. The van der Waals surface area contributed by atoms with E-state index in [9.17, 15) is 19.2 Å². The second kappa shape index (κ2) is 8.80. The summed E-state index contributed by atoms with van der Waals surface area (Å²) in [5, 5.41) is 5.57. The number of rotatable bonds is 4. The summed E-state index contributed by atoms with van der Waals surface area (Å²) in [5.74, 6) is -0.944. The topological polar surface area (TPSA) is 108 Å². The van der Waals surface area contributed by atoms with E-state index in [1.165, 1.54) is 4.90 Å². The molecule has 1 atom stereocenters. The number of ether oxygens (including phenoxy) is 1. The highest BCUT2D eigenvalue weighted by Gasteiger charge is 2.54. The number of hydrogen-bond acceptors (Lipinski definition) is 5. The summed E-state index contributed by atoms with van der Waals surface area (Å²) in [6.07, 6.45) is 1.15. The number of likely N-dealkylation sites (tertiary alicyclic amines) is 1. The van der Waals surface area contributed by atoms with Crippen LogP contribution >= 0.6 is 0 Å². The Balaban J connectivity index is 1.70. The summed E-state index contributed by atoms with van der Waals surface area (Å²) in [5.41, 5.74) is 0.695. The number of urea groups is 1. The highest BCUT2D eigenvalue weighted by Crippen LogP contribution is 2.29. The van der Waals surface area contributed by atoms with Crippen LogP contribution in [0.3, 0.4) is 0 Å². The number of carbonyl (C=O) groups is 4. The Morgan fingerprint density at radius 1 is 1.25 bits per heavy atom. The van der Waals surface area contributed by atoms with Gasteiger partial charge in [0.05, 0.1) is 6.54 Å². The normalized spacial score (nSPS) is 21.0. The van der Waals surface area contributed by atoms with Gasteiger partial charge < -0.3 is 20.3 Å². The Morgan fingerprint density at radius 2 is 1.97 bits per heavy atom. The van der Waals surface area contributed by atoms with Crippen LogP contribution in [0, 0.1) is 6.92 Å². The van der Waals surface area contributed by atoms with Gasteiger partial charge in [-0.25, -0.2) is 9.59 Å². The molecule has 2 fully saturated rings. The van der Waals surface area contributed by atoms with Gasteiger partial charge in [0.15, 0.2) is 0 Å². The van der Waals surface area contributed by atoms with E-state index >= 15 is 0 Å². The summed E-state index contributed by atoms with van der Waals surface area (Å²) in [6, 6.07) is 5.12. The predicted molar refractivity (Wildman–Crippen MR) is 119 cm³/mol. The third-order valence-corrected chi connectivity index (χ3v) is 5.70. The zero-order chi connectivity index (χ0) is 23.7. The van der Waals surface area contributed by atoms with Crippen LogP contribution in [0.15, 0.2) is 18.2 Å².